The van der Waals surface area contributed by atoms with Gasteiger partial charge in [-0.05, 0) is 73.1 Å². The molecular weight excluding hydrogens is 406 g/mol. The summed E-state index contributed by atoms with van der Waals surface area (Å²) in [4.78, 5) is 24.6. The molecule has 1 amide bonds. The van der Waals surface area contributed by atoms with Gasteiger partial charge in [0.15, 0.2) is 0 Å². The minimum Gasteiger partial charge on any atom is -0.493 e. The normalized spacial score (nSPS) is 20.9. The molecule has 2 aliphatic rings. The predicted molar refractivity (Wildman–Crippen MR) is 121 cm³/mol. The summed E-state index contributed by atoms with van der Waals surface area (Å²) < 4.78 is 11.9. The van der Waals surface area contributed by atoms with E-state index < -0.39 is 5.97 Å². The second-order valence-corrected chi connectivity index (χ2v) is 8.69. The number of carbonyl (C=O) groups is 2. The van der Waals surface area contributed by atoms with E-state index in [9.17, 15) is 9.59 Å². The standard InChI is InChI=1S/C26H31NO5/c28-25-6-3-15-27(25)16-17-31-22-11-7-19(8-12-22)24-5-2-1-4-21(24)18-32-23-13-9-20(10-14-23)26(29)30/h7-14,21,24H,1-6,15-18H2,(H,29,30)/t21-,24-/m0/s1. The van der Waals surface area contributed by atoms with Crippen molar-refractivity contribution in [1.82, 2.24) is 4.90 Å². The number of carbonyl (C=O) groups excluding carboxylic acids is 1. The van der Waals surface area contributed by atoms with E-state index in [1.807, 2.05) is 17.0 Å². The van der Waals surface area contributed by atoms with Crippen LogP contribution in [0.4, 0.5) is 0 Å². The molecule has 6 nitrogen and oxygen atoms in total. The fourth-order valence-electron chi connectivity index (χ4n) is 4.77. The second kappa shape index (κ2) is 10.5. The highest BCUT2D eigenvalue weighted by Gasteiger charge is 2.27. The number of ether oxygens (including phenoxy) is 2. The summed E-state index contributed by atoms with van der Waals surface area (Å²) in [6.07, 6.45) is 6.31. The maximum absolute atomic E-state index is 11.7. The quantitative estimate of drug-likeness (QED) is 0.613. The maximum Gasteiger partial charge on any atom is 0.335 e. The van der Waals surface area contributed by atoms with Gasteiger partial charge >= 0.3 is 5.97 Å². The van der Waals surface area contributed by atoms with Gasteiger partial charge in [0.25, 0.3) is 0 Å². The molecular formula is C26H31NO5. The Hall–Kier alpha value is -3.02. The monoisotopic (exact) mass is 437 g/mol. The van der Waals surface area contributed by atoms with Crippen molar-refractivity contribution in [3.8, 4) is 11.5 Å². The number of carboxylic acids is 1. The van der Waals surface area contributed by atoms with Gasteiger partial charge in [0.1, 0.15) is 18.1 Å². The van der Waals surface area contributed by atoms with Crippen LogP contribution < -0.4 is 9.47 Å². The molecule has 1 saturated heterocycles. The van der Waals surface area contributed by atoms with Crippen LogP contribution in [-0.4, -0.2) is 48.2 Å². The zero-order valence-electron chi connectivity index (χ0n) is 18.4. The first kappa shape index (κ1) is 22.2. The molecule has 1 heterocycles. The molecule has 6 heteroatoms. The van der Waals surface area contributed by atoms with E-state index >= 15 is 0 Å². The van der Waals surface area contributed by atoms with Crippen LogP contribution in [0.15, 0.2) is 48.5 Å². The summed E-state index contributed by atoms with van der Waals surface area (Å²) in [5.41, 5.74) is 1.57. The first-order valence-corrected chi connectivity index (χ1v) is 11.6. The van der Waals surface area contributed by atoms with Gasteiger partial charge in [-0.1, -0.05) is 25.0 Å². The number of benzene rings is 2. The smallest absolute Gasteiger partial charge is 0.335 e. The predicted octanol–water partition coefficient (Wildman–Crippen LogP) is 4.74. The molecule has 2 fully saturated rings. The van der Waals surface area contributed by atoms with Gasteiger partial charge in [0.05, 0.1) is 18.7 Å². The molecule has 0 bridgehead atoms. The van der Waals surface area contributed by atoms with E-state index in [1.165, 1.54) is 18.4 Å². The number of carboxylic acid groups (broad SMARTS) is 1. The van der Waals surface area contributed by atoms with Crippen molar-refractivity contribution >= 4 is 11.9 Å². The van der Waals surface area contributed by atoms with Gasteiger partial charge in [-0.2, -0.15) is 0 Å². The SMILES string of the molecule is O=C(O)c1ccc(OC[C@@H]2CCCC[C@H]2c2ccc(OCCN3CCCC3=O)cc2)cc1. The van der Waals surface area contributed by atoms with Crippen LogP contribution in [-0.2, 0) is 4.79 Å². The van der Waals surface area contributed by atoms with Gasteiger partial charge < -0.3 is 19.5 Å². The second-order valence-electron chi connectivity index (χ2n) is 8.69. The van der Waals surface area contributed by atoms with Gasteiger partial charge in [0.2, 0.25) is 5.91 Å². The lowest BCUT2D eigenvalue weighted by Crippen LogP contribution is -2.29. The molecule has 4 rings (SSSR count). The minimum absolute atomic E-state index is 0.229. The van der Waals surface area contributed by atoms with Crippen molar-refractivity contribution in [1.29, 1.82) is 0 Å². The number of hydrogen-bond donors (Lipinski definition) is 1. The van der Waals surface area contributed by atoms with Crippen molar-refractivity contribution in [2.45, 2.75) is 44.4 Å². The molecule has 1 aliphatic heterocycles. The van der Waals surface area contributed by atoms with E-state index in [0.29, 0.717) is 43.8 Å². The first-order chi connectivity index (χ1) is 15.6. The average molecular weight is 438 g/mol. The first-order valence-electron chi connectivity index (χ1n) is 11.6. The highest BCUT2D eigenvalue weighted by atomic mass is 16.5. The Bertz CT molecular complexity index is 909. The third kappa shape index (κ3) is 5.61. The summed E-state index contributed by atoms with van der Waals surface area (Å²) in [6.45, 7) is 2.64. The van der Waals surface area contributed by atoms with Crippen LogP contribution in [0.2, 0.25) is 0 Å². The lowest BCUT2D eigenvalue weighted by Gasteiger charge is -2.32. The van der Waals surface area contributed by atoms with E-state index in [4.69, 9.17) is 14.6 Å². The summed E-state index contributed by atoms with van der Waals surface area (Å²) in [6, 6.07) is 15.0. The summed E-state index contributed by atoms with van der Waals surface area (Å²) in [7, 11) is 0. The number of nitrogens with zero attached hydrogens (tertiary/aromatic N) is 1. The molecule has 0 aromatic heterocycles. The van der Waals surface area contributed by atoms with Crippen molar-refractivity contribution < 1.29 is 24.2 Å². The van der Waals surface area contributed by atoms with Gasteiger partial charge in [-0.15, -0.1) is 0 Å². The van der Waals surface area contributed by atoms with Crippen LogP contribution in [0.5, 0.6) is 11.5 Å². The maximum atomic E-state index is 11.7. The van der Waals surface area contributed by atoms with E-state index in [-0.39, 0.29) is 11.5 Å². The molecule has 2 atom stereocenters. The van der Waals surface area contributed by atoms with Crippen LogP contribution in [0.25, 0.3) is 0 Å². The molecule has 1 saturated carbocycles. The zero-order valence-corrected chi connectivity index (χ0v) is 18.4. The van der Waals surface area contributed by atoms with E-state index in [2.05, 4.69) is 12.1 Å². The Kier molecular flexibility index (Phi) is 7.30. The lowest BCUT2D eigenvalue weighted by molar-refractivity contribution is -0.128. The lowest BCUT2D eigenvalue weighted by atomic mass is 9.76. The third-order valence-electron chi connectivity index (χ3n) is 6.58. The Morgan fingerprint density at radius 3 is 2.31 bits per heavy atom. The average Bonchev–Trinajstić information content (AvgIpc) is 3.23. The largest absolute Gasteiger partial charge is 0.493 e. The molecule has 0 unspecified atom stereocenters. The van der Waals surface area contributed by atoms with Crippen molar-refractivity contribution in [2.75, 3.05) is 26.3 Å². The highest BCUT2D eigenvalue weighted by Crippen LogP contribution is 2.38. The van der Waals surface area contributed by atoms with Crippen LogP contribution in [0.3, 0.4) is 0 Å². The van der Waals surface area contributed by atoms with Gasteiger partial charge in [0, 0.05) is 13.0 Å². The number of amides is 1. The molecule has 1 N–H and O–H groups in total. The Labute approximate surface area is 189 Å². The van der Waals surface area contributed by atoms with E-state index in [1.54, 1.807) is 24.3 Å². The van der Waals surface area contributed by atoms with E-state index in [0.717, 1.165) is 31.6 Å². The Morgan fingerprint density at radius 1 is 0.938 bits per heavy atom. The number of aromatic carboxylic acids is 1. The third-order valence-corrected chi connectivity index (χ3v) is 6.58. The molecule has 0 radical (unpaired) electrons. The molecule has 170 valence electrons. The van der Waals surface area contributed by atoms with Crippen LogP contribution in [0.1, 0.15) is 60.4 Å². The molecule has 1 aliphatic carbocycles. The van der Waals surface area contributed by atoms with Crippen molar-refractivity contribution in [3.63, 3.8) is 0 Å². The topological polar surface area (TPSA) is 76.1 Å². The fraction of sp³-hybridized carbons (Fsp3) is 0.462. The van der Waals surface area contributed by atoms with Crippen molar-refractivity contribution in [3.05, 3.63) is 59.7 Å². The Morgan fingerprint density at radius 2 is 1.62 bits per heavy atom. The summed E-state index contributed by atoms with van der Waals surface area (Å²) in [5.74, 6) is 1.71. The van der Waals surface area contributed by atoms with Crippen LogP contribution >= 0.6 is 0 Å². The molecule has 0 spiro atoms. The molecule has 32 heavy (non-hydrogen) atoms. The molecule has 2 aromatic carbocycles. The fourth-order valence-corrected chi connectivity index (χ4v) is 4.77. The summed E-state index contributed by atoms with van der Waals surface area (Å²) in [5, 5.41) is 9.03. The number of rotatable bonds is 9. The summed E-state index contributed by atoms with van der Waals surface area (Å²) >= 11 is 0. The zero-order chi connectivity index (χ0) is 22.3. The van der Waals surface area contributed by atoms with Crippen LogP contribution in [0, 0.1) is 5.92 Å². The Balaban J connectivity index is 1.30. The highest BCUT2D eigenvalue weighted by molar-refractivity contribution is 5.87. The van der Waals surface area contributed by atoms with Gasteiger partial charge in [-0.25, -0.2) is 4.79 Å². The van der Waals surface area contributed by atoms with Crippen molar-refractivity contribution in [2.24, 2.45) is 5.92 Å². The molecule has 2 aromatic rings. The number of hydrogen-bond acceptors (Lipinski definition) is 4. The minimum atomic E-state index is -0.930. The number of likely N-dealkylation sites (tertiary alicyclic amines) is 1. The van der Waals surface area contributed by atoms with Gasteiger partial charge in [-0.3, -0.25) is 4.79 Å².